The lowest BCUT2D eigenvalue weighted by Gasteiger charge is -2.08. The van der Waals surface area contributed by atoms with E-state index in [0.717, 1.165) is 22.1 Å². The first-order chi connectivity index (χ1) is 12.2. The van der Waals surface area contributed by atoms with E-state index < -0.39 is 5.91 Å². The van der Waals surface area contributed by atoms with Crippen molar-refractivity contribution in [2.24, 2.45) is 0 Å². The second-order valence-corrected chi connectivity index (χ2v) is 6.50. The van der Waals surface area contributed by atoms with Gasteiger partial charge in [-0.1, -0.05) is 36.4 Å². The minimum Gasteiger partial charge on any atom is -0.338 e. The first-order valence-electron chi connectivity index (χ1n) is 7.72. The summed E-state index contributed by atoms with van der Waals surface area (Å²) in [6.07, 6.45) is 0.762. The number of hydrogen-bond donors (Lipinski definition) is 4. The smallest absolute Gasteiger partial charge is 0.319 e. The third-order valence-electron chi connectivity index (χ3n) is 3.65. The Morgan fingerprint density at radius 2 is 1.84 bits per heavy atom. The molecule has 3 aromatic rings. The van der Waals surface area contributed by atoms with Crippen LogP contribution in [0.3, 0.4) is 0 Å². The lowest BCUT2D eigenvalue weighted by atomic mass is 10.1. The molecule has 0 atom stereocenters. The van der Waals surface area contributed by atoms with E-state index in [9.17, 15) is 9.59 Å². The summed E-state index contributed by atoms with van der Waals surface area (Å²) in [6, 6.07) is 16.7. The molecular formula is C18H17N3O3S. The van der Waals surface area contributed by atoms with E-state index in [4.69, 9.17) is 5.21 Å². The molecule has 0 radical (unpaired) electrons. The summed E-state index contributed by atoms with van der Waals surface area (Å²) < 4.78 is 0.848. The molecule has 6 nitrogen and oxygen atoms in total. The molecule has 0 fully saturated rings. The van der Waals surface area contributed by atoms with Crippen molar-refractivity contribution >= 4 is 39.0 Å². The molecule has 0 bridgehead atoms. The van der Waals surface area contributed by atoms with Gasteiger partial charge in [0, 0.05) is 16.9 Å². The van der Waals surface area contributed by atoms with Crippen molar-refractivity contribution in [1.82, 2.24) is 10.8 Å². The highest BCUT2D eigenvalue weighted by Crippen LogP contribution is 2.28. The maximum absolute atomic E-state index is 12.0. The molecule has 1 aromatic heterocycles. The van der Waals surface area contributed by atoms with Crippen molar-refractivity contribution in [1.29, 1.82) is 0 Å². The lowest BCUT2D eigenvalue weighted by Crippen LogP contribution is -2.30. The molecule has 4 N–H and O–H groups in total. The van der Waals surface area contributed by atoms with Crippen LogP contribution in [0.2, 0.25) is 0 Å². The number of thiophene rings is 1. The molecular weight excluding hydrogens is 338 g/mol. The third-order valence-corrected chi connectivity index (χ3v) is 4.74. The number of nitrogens with one attached hydrogen (secondary N) is 3. The highest BCUT2D eigenvalue weighted by Gasteiger charge is 2.10. The summed E-state index contributed by atoms with van der Waals surface area (Å²) in [4.78, 5) is 23.8. The second kappa shape index (κ2) is 7.78. The predicted octanol–water partition coefficient (Wildman–Crippen LogP) is 3.38. The number of carbonyl (C=O) groups excluding carboxylic acids is 2. The number of hydrogen-bond acceptors (Lipinski definition) is 4. The van der Waals surface area contributed by atoms with Gasteiger partial charge in [-0.25, -0.2) is 10.3 Å². The Morgan fingerprint density at radius 1 is 1.04 bits per heavy atom. The third kappa shape index (κ3) is 4.34. The summed E-state index contributed by atoms with van der Waals surface area (Å²) in [5.41, 5.74) is 3.42. The molecule has 0 saturated carbocycles. The van der Waals surface area contributed by atoms with Gasteiger partial charge in [0.05, 0.1) is 4.88 Å². The van der Waals surface area contributed by atoms with Crippen molar-refractivity contribution in [3.8, 4) is 0 Å². The van der Waals surface area contributed by atoms with Gasteiger partial charge in [0.1, 0.15) is 0 Å². The molecule has 0 unspecified atom stereocenters. The van der Waals surface area contributed by atoms with E-state index in [1.165, 1.54) is 11.3 Å². The monoisotopic (exact) mass is 355 g/mol. The number of anilines is 1. The van der Waals surface area contributed by atoms with Gasteiger partial charge in [0.15, 0.2) is 0 Å². The van der Waals surface area contributed by atoms with Gasteiger partial charge in [-0.3, -0.25) is 10.0 Å². The van der Waals surface area contributed by atoms with Gasteiger partial charge in [-0.05, 0) is 35.6 Å². The average Bonchev–Trinajstić information content (AvgIpc) is 3.05. The fourth-order valence-corrected chi connectivity index (χ4v) is 3.41. The molecule has 3 amide bonds. The van der Waals surface area contributed by atoms with Crippen LogP contribution in [0.1, 0.15) is 15.2 Å². The highest BCUT2D eigenvalue weighted by atomic mass is 32.1. The van der Waals surface area contributed by atoms with Crippen molar-refractivity contribution in [3.63, 3.8) is 0 Å². The zero-order valence-electron chi connectivity index (χ0n) is 13.3. The molecule has 0 saturated heterocycles. The number of rotatable bonds is 5. The second-order valence-electron chi connectivity index (χ2n) is 5.42. The van der Waals surface area contributed by atoms with Gasteiger partial charge in [-0.2, -0.15) is 0 Å². The zero-order valence-corrected chi connectivity index (χ0v) is 14.1. The molecule has 0 aliphatic heterocycles. The van der Waals surface area contributed by atoms with E-state index >= 15 is 0 Å². The molecule has 7 heteroatoms. The van der Waals surface area contributed by atoms with Crippen LogP contribution >= 0.6 is 11.3 Å². The zero-order chi connectivity index (χ0) is 17.6. The van der Waals surface area contributed by atoms with Gasteiger partial charge < -0.3 is 10.6 Å². The van der Waals surface area contributed by atoms with E-state index in [1.807, 2.05) is 36.4 Å². The Labute approximate surface area is 148 Å². The lowest BCUT2D eigenvalue weighted by molar-refractivity contribution is 0.0711. The van der Waals surface area contributed by atoms with Crippen LogP contribution in [0, 0.1) is 0 Å². The first-order valence-corrected chi connectivity index (χ1v) is 8.54. The minimum absolute atomic E-state index is 0.278. The van der Waals surface area contributed by atoms with Crippen LogP contribution in [0.25, 0.3) is 10.1 Å². The molecule has 0 aliphatic rings. The minimum atomic E-state index is -0.547. The quantitative estimate of drug-likeness (QED) is 0.418. The molecule has 3 rings (SSSR count). The number of carbonyl (C=O) groups is 2. The van der Waals surface area contributed by atoms with Crippen molar-refractivity contribution < 1.29 is 14.8 Å². The fraction of sp³-hybridized carbons (Fsp3) is 0.111. The SMILES string of the molecule is O=C(NCCc1ccccc1)Nc1ccc2cc(C(=O)NO)sc2c1. The summed E-state index contributed by atoms with van der Waals surface area (Å²) in [5.74, 6) is -0.547. The van der Waals surface area contributed by atoms with Crippen molar-refractivity contribution in [3.05, 3.63) is 65.0 Å². The van der Waals surface area contributed by atoms with Crippen LogP contribution < -0.4 is 16.1 Å². The Bertz CT molecular complexity index is 893. The molecule has 25 heavy (non-hydrogen) atoms. The normalized spacial score (nSPS) is 10.4. The standard InChI is InChI=1S/C18H17N3O3S/c22-17(21-24)16-10-13-6-7-14(11-15(13)25-16)20-18(23)19-9-8-12-4-2-1-3-5-12/h1-7,10-11,24H,8-9H2,(H,21,22)(H2,19,20,23). The summed E-state index contributed by atoms with van der Waals surface area (Å²) in [6.45, 7) is 0.540. The number of benzene rings is 2. The molecule has 0 spiro atoms. The number of fused-ring (bicyclic) bond motifs is 1. The fourth-order valence-electron chi connectivity index (χ4n) is 2.42. The first kappa shape index (κ1) is 16.9. The van der Waals surface area contributed by atoms with Gasteiger partial charge in [0.25, 0.3) is 5.91 Å². The van der Waals surface area contributed by atoms with Gasteiger partial charge in [0.2, 0.25) is 0 Å². The maximum Gasteiger partial charge on any atom is 0.319 e. The Balaban J connectivity index is 1.58. The van der Waals surface area contributed by atoms with Crippen LogP contribution in [-0.4, -0.2) is 23.7 Å². The molecule has 128 valence electrons. The topological polar surface area (TPSA) is 90.5 Å². The predicted molar refractivity (Wildman–Crippen MR) is 98.2 cm³/mol. The molecule has 2 aromatic carbocycles. The van der Waals surface area contributed by atoms with E-state index in [0.29, 0.717) is 17.1 Å². The Morgan fingerprint density at radius 3 is 2.60 bits per heavy atom. The Kier molecular flexibility index (Phi) is 5.27. The van der Waals surface area contributed by atoms with E-state index in [1.54, 1.807) is 23.7 Å². The summed E-state index contributed by atoms with van der Waals surface area (Å²) >= 11 is 1.24. The molecule has 0 aliphatic carbocycles. The van der Waals surface area contributed by atoms with E-state index in [-0.39, 0.29) is 6.03 Å². The van der Waals surface area contributed by atoms with E-state index in [2.05, 4.69) is 10.6 Å². The van der Waals surface area contributed by atoms with Crippen molar-refractivity contribution in [2.75, 3.05) is 11.9 Å². The largest absolute Gasteiger partial charge is 0.338 e. The van der Waals surface area contributed by atoms with Gasteiger partial charge in [-0.15, -0.1) is 11.3 Å². The summed E-state index contributed by atoms with van der Waals surface area (Å²) in [5, 5.41) is 15.2. The number of hydroxylamine groups is 1. The van der Waals surface area contributed by atoms with Crippen molar-refractivity contribution in [2.45, 2.75) is 6.42 Å². The maximum atomic E-state index is 12.0. The Hall–Kier alpha value is -2.90. The van der Waals surface area contributed by atoms with Crippen LogP contribution in [-0.2, 0) is 6.42 Å². The number of urea groups is 1. The number of amides is 3. The van der Waals surface area contributed by atoms with Crippen LogP contribution in [0.4, 0.5) is 10.5 Å². The van der Waals surface area contributed by atoms with Crippen LogP contribution in [0.15, 0.2) is 54.6 Å². The highest BCUT2D eigenvalue weighted by molar-refractivity contribution is 7.20. The van der Waals surface area contributed by atoms with Crippen LogP contribution in [0.5, 0.6) is 0 Å². The average molecular weight is 355 g/mol. The van der Waals surface area contributed by atoms with Gasteiger partial charge >= 0.3 is 6.03 Å². The summed E-state index contributed by atoms with van der Waals surface area (Å²) in [7, 11) is 0. The molecule has 1 heterocycles.